The van der Waals surface area contributed by atoms with Crippen molar-refractivity contribution in [1.29, 1.82) is 0 Å². The summed E-state index contributed by atoms with van der Waals surface area (Å²) >= 11 is 0. The lowest BCUT2D eigenvalue weighted by atomic mass is 9.90. The fourth-order valence-corrected chi connectivity index (χ4v) is 4.72. The number of fused-ring (bicyclic) bond motifs is 2. The summed E-state index contributed by atoms with van der Waals surface area (Å²) in [6.07, 6.45) is 6.39. The Morgan fingerprint density at radius 1 is 1.03 bits per heavy atom. The summed E-state index contributed by atoms with van der Waals surface area (Å²) in [5, 5.41) is 16.4. The van der Waals surface area contributed by atoms with E-state index >= 15 is 0 Å². The van der Waals surface area contributed by atoms with Crippen LogP contribution in [0.15, 0.2) is 60.9 Å². The van der Waals surface area contributed by atoms with Crippen molar-refractivity contribution in [1.82, 2.24) is 30.0 Å². The summed E-state index contributed by atoms with van der Waals surface area (Å²) in [6.45, 7) is 4.15. The number of para-hydroxylation sites is 1. The Hall–Kier alpha value is -3.71. The van der Waals surface area contributed by atoms with Crippen molar-refractivity contribution in [2.75, 3.05) is 18.4 Å². The molecule has 0 amide bonds. The van der Waals surface area contributed by atoms with E-state index in [1.54, 1.807) is 0 Å². The molecule has 7 heteroatoms. The molecule has 0 spiro atoms. The molecule has 5 aromatic rings. The van der Waals surface area contributed by atoms with E-state index in [0.29, 0.717) is 11.9 Å². The summed E-state index contributed by atoms with van der Waals surface area (Å²) < 4.78 is 2.14. The molecule has 3 N–H and O–H groups in total. The van der Waals surface area contributed by atoms with Gasteiger partial charge in [-0.2, -0.15) is 10.1 Å². The molecule has 2 aromatic carbocycles. The van der Waals surface area contributed by atoms with Crippen LogP contribution < -0.4 is 10.6 Å². The number of aromatic nitrogens is 5. The highest BCUT2D eigenvalue weighted by Crippen LogP contribution is 2.34. The maximum atomic E-state index is 4.88. The smallest absolute Gasteiger partial charge is 0.236 e. The zero-order valence-electron chi connectivity index (χ0n) is 18.0. The first-order valence-electron chi connectivity index (χ1n) is 11.1. The number of aromatic amines is 1. The average molecular weight is 424 g/mol. The van der Waals surface area contributed by atoms with E-state index in [1.165, 1.54) is 10.9 Å². The van der Waals surface area contributed by atoms with Gasteiger partial charge < -0.3 is 10.6 Å². The van der Waals surface area contributed by atoms with Crippen LogP contribution in [0.1, 0.15) is 30.0 Å². The van der Waals surface area contributed by atoms with Crippen LogP contribution in [0.4, 0.5) is 11.5 Å². The Labute approximate surface area is 185 Å². The Bertz CT molecular complexity index is 1410. The van der Waals surface area contributed by atoms with Gasteiger partial charge in [0.1, 0.15) is 5.82 Å². The highest BCUT2D eigenvalue weighted by molar-refractivity contribution is 5.86. The van der Waals surface area contributed by atoms with Crippen molar-refractivity contribution in [3.63, 3.8) is 0 Å². The molecule has 1 fully saturated rings. The zero-order valence-corrected chi connectivity index (χ0v) is 18.0. The summed E-state index contributed by atoms with van der Waals surface area (Å²) in [7, 11) is 0. The highest BCUT2D eigenvalue weighted by Gasteiger charge is 2.21. The van der Waals surface area contributed by atoms with Crippen LogP contribution in [0.25, 0.3) is 27.8 Å². The third-order valence-electron chi connectivity index (χ3n) is 6.29. The van der Waals surface area contributed by atoms with Crippen molar-refractivity contribution >= 4 is 33.3 Å². The molecule has 1 saturated heterocycles. The second kappa shape index (κ2) is 7.76. The quantitative estimate of drug-likeness (QED) is 0.386. The minimum atomic E-state index is 0.562. The number of H-pyrrole nitrogens is 1. The standard InChI is InChI=1S/C25H25N7/c1-16-12-24(29-19-6-7-22-18(13-19)14-27-31-22)30-25(28-16)32-15-21(17-8-10-26-11-9-17)20-4-2-3-5-23(20)32/h2-7,12-15,17,26H,8-11H2,1H3,(H,27,31)(H,28,29,30). The van der Waals surface area contributed by atoms with Gasteiger partial charge in [-0.3, -0.25) is 9.67 Å². The van der Waals surface area contributed by atoms with Crippen LogP contribution in [-0.2, 0) is 0 Å². The lowest BCUT2D eigenvalue weighted by Crippen LogP contribution is -2.26. The number of nitrogens with one attached hydrogen (secondary N) is 3. The molecule has 3 aromatic heterocycles. The molecule has 1 aliphatic heterocycles. The maximum absolute atomic E-state index is 4.88. The largest absolute Gasteiger partial charge is 0.340 e. The number of anilines is 2. The fourth-order valence-electron chi connectivity index (χ4n) is 4.72. The maximum Gasteiger partial charge on any atom is 0.236 e. The van der Waals surface area contributed by atoms with Crippen LogP contribution in [0.2, 0.25) is 0 Å². The minimum Gasteiger partial charge on any atom is -0.340 e. The van der Waals surface area contributed by atoms with Crippen molar-refractivity contribution in [3.05, 3.63) is 72.2 Å². The second-order valence-corrected chi connectivity index (χ2v) is 8.49. The van der Waals surface area contributed by atoms with Gasteiger partial charge in [-0.25, -0.2) is 4.98 Å². The van der Waals surface area contributed by atoms with Gasteiger partial charge in [-0.1, -0.05) is 18.2 Å². The van der Waals surface area contributed by atoms with E-state index in [0.717, 1.165) is 59.5 Å². The van der Waals surface area contributed by atoms with Crippen LogP contribution in [0.3, 0.4) is 0 Å². The van der Waals surface area contributed by atoms with Crippen molar-refractivity contribution in [2.24, 2.45) is 0 Å². The number of rotatable bonds is 4. The van der Waals surface area contributed by atoms with Gasteiger partial charge in [0.2, 0.25) is 5.95 Å². The van der Waals surface area contributed by atoms with Crippen LogP contribution in [0, 0.1) is 6.92 Å². The van der Waals surface area contributed by atoms with Gasteiger partial charge >= 0.3 is 0 Å². The van der Waals surface area contributed by atoms with Crippen molar-refractivity contribution < 1.29 is 0 Å². The number of hydrogen-bond donors (Lipinski definition) is 3. The first-order valence-corrected chi connectivity index (χ1v) is 11.1. The SMILES string of the molecule is Cc1cc(Nc2ccc3[nH]ncc3c2)nc(-n2cc(C3CCNCC3)c3ccccc32)n1. The molecule has 0 saturated carbocycles. The second-order valence-electron chi connectivity index (χ2n) is 8.49. The Morgan fingerprint density at radius 3 is 2.81 bits per heavy atom. The molecule has 4 heterocycles. The third kappa shape index (κ3) is 3.40. The summed E-state index contributed by atoms with van der Waals surface area (Å²) in [5.41, 5.74) is 5.45. The predicted molar refractivity (Wildman–Crippen MR) is 128 cm³/mol. The first kappa shape index (κ1) is 19.0. The van der Waals surface area contributed by atoms with E-state index in [2.05, 4.69) is 61.9 Å². The number of benzene rings is 2. The molecule has 32 heavy (non-hydrogen) atoms. The van der Waals surface area contributed by atoms with Crippen molar-refractivity contribution in [3.8, 4) is 5.95 Å². The lowest BCUT2D eigenvalue weighted by Gasteiger charge is -2.22. The predicted octanol–water partition coefficient (Wildman–Crippen LogP) is 4.82. The number of piperidine rings is 1. The van der Waals surface area contributed by atoms with Crippen molar-refractivity contribution in [2.45, 2.75) is 25.7 Å². The van der Waals surface area contributed by atoms with Gasteiger partial charge in [0.05, 0.1) is 17.2 Å². The van der Waals surface area contributed by atoms with Gasteiger partial charge in [0, 0.05) is 34.4 Å². The molecule has 0 atom stereocenters. The number of aryl methyl sites for hydroxylation is 1. The monoisotopic (exact) mass is 423 g/mol. The topological polar surface area (TPSA) is 83.5 Å². The lowest BCUT2D eigenvalue weighted by molar-refractivity contribution is 0.462. The van der Waals surface area contributed by atoms with Crippen LogP contribution in [-0.4, -0.2) is 37.8 Å². The third-order valence-corrected chi connectivity index (χ3v) is 6.29. The molecule has 0 bridgehead atoms. The zero-order chi connectivity index (χ0) is 21.5. The Balaban J connectivity index is 1.41. The number of hydrogen-bond acceptors (Lipinski definition) is 5. The summed E-state index contributed by atoms with van der Waals surface area (Å²) in [4.78, 5) is 9.66. The van der Waals surface area contributed by atoms with E-state index in [4.69, 9.17) is 9.97 Å². The molecule has 7 nitrogen and oxygen atoms in total. The van der Waals surface area contributed by atoms with Crippen LogP contribution >= 0.6 is 0 Å². The molecule has 0 unspecified atom stereocenters. The summed E-state index contributed by atoms with van der Waals surface area (Å²) in [6, 6.07) is 16.7. The molecule has 6 rings (SSSR count). The Morgan fingerprint density at radius 2 is 1.91 bits per heavy atom. The van der Waals surface area contributed by atoms with E-state index in [9.17, 15) is 0 Å². The molecule has 160 valence electrons. The molecule has 1 aliphatic rings. The van der Waals surface area contributed by atoms with Gasteiger partial charge in [-0.15, -0.1) is 0 Å². The van der Waals surface area contributed by atoms with Crippen LogP contribution in [0.5, 0.6) is 0 Å². The molecular weight excluding hydrogens is 398 g/mol. The molecular formula is C25H25N7. The molecule has 0 aliphatic carbocycles. The minimum absolute atomic E-state index is 0.562. The Kier molecular flexibility index (Phi) is 4.61. The molecule has 0 radical (unpaired) electrons. The normalized spacial score (nSPS) is 14.9. The highest BCUT2D eigenvalue weighted by atomic mass is 15.2. The van der Waals surface area contributed by atoms with Gasteiger partial charge in [0.15, 0.2) is 0 Å². The first-order chi connectivity index (χ1) is 15.7. The van der Waals surface area contributed by atoms with Gasteiger partial charge in [-0.05, 0) is 68.6 Å². The number of nitrogens with zero attached hydrogens (tertiary/aromatic N) is 4. The van der Waals surface area contributed by atoms with E-state index < -0.39 is 0 Å². The van der Waals surface area contributed by atoms with E-state index in [-0.39, 0.29) is 0 Å². The average Bonchev–Trinajstić information content (AvgIpc) is 3.44. The summed E-state index contributed by atoms with van der Waals surface area (Å²) in [5.74, 6) is 2.02. The van der Waals surface area contributed by atoms with E-state index in [1.807, 2.05) is 31.3 Å². The van der Waals surface area contributed by atoms with Gasteiger partial charge in [0.25, 0.3) is 0 Å². The fraction of sp³-hybridized carbons (Fsp3) is 0.240.